The van der Waals surface area contributed by atoms with Crippen molar-refractivity contribution in [3.8, 4) is 16.5 Å². The molecule has 0 spiro atoms. The highest BCUT2D eigenvalue weighted by Crippen LogP contribution is 2.30. The first-order chi connectivity index (χ1) is 13.7. The molecule has 1 aromatic carbocycles. The Kier molecular flexibility index (Phi) is 5.33. The summed E-state index contributed by atoms with van der Waals surface area (Å²) in [7, 11) is 0. The summed E-state index contributed by atoms with van der Waals surface area (Å²) in [4.78, 5) is 23.9. The molecular weight excluding hydrogens is 372 g/mol. The Hall–Kier alpha value is -3.21. The number of fused-ring (bicyclic) bond motifs is 1. The number of rotatable bonds is 7. The minimum absolute atomic E-state index is 0.142. The predicted octanol–water partition coefficient (Wildman–Crippen LogP) is 4.16. The molecule has 0 saturated carbocycles. The van der Waals surface area contributed by atoms with Crippen LogP contribution in [0.25, 0.3) is 20.7 Å². The first-order valence-corrected chi connectivity index (χ1v) is 9.74. The Morgan fingerprint density at radius 3 is 2.79 bits per heavy atom. The van der Waals surface area contributed by atoms with Gasteiger partial charge in [-0.25, -0.2) is 4.98 Å². The van der Waals surface area contributed by atoms with Crippen LogP contribution < -0.4 is 5.56 Å². The monoisotopic (exact) mass is 390 g/mol. The molecule has 4 aromatic rings. The van der Waals surface area contributed by atoms with Crippen LogP contribution in [0.3, 0.4) is 0 Å². The quantitative estimate of drug-likeness (QED) is 0.512. The van der Waals surface area contributed by atoms with Crippen molar-refractivity contribution in [2.75, 3.05) is 6.54 Å². The van der Waals surface area contributed by atoms with Gasteiger partial charge in [-0.15, -0.1) is 11.3 Å². The molecule has 0 radical (unpaired) electrons. The summed E-state index contributed by atoms with van der Waals surface area (Å²) in [6, 6.07) is 17.7. The third kappa shape index (κ3) is 4.03. The van der Waals surface area contributed by atoms with Crippen LogP contribution >= 0.6 is 11.3 Å². The van der Waals surface area contributed by atoms with Gasteiger partial charge in [0.15, 0.2) is 0 Å². The molecule has 140 valence electrons. The zero-order valence-electron chi connectivity index (χ0n) is 15.1. The van der Waals surface area contributed by atoms with Gasteiger partial charge in [0.25, 0.3) is 5.56 Å². The molecule has 28 heavy (non-hydrogen) atoms. The number of hydrogen-bond acceptors (Lipinski definition) is 6. The molecule has 0 bridgehead atoms. The Morgan fingerprint density at radius 1 is 1.18 bits per heavy atom. The van der Waals surface area contributed by atoms with Crippen LogP contribution in [-0.2, 0) is 13.1 Å². The molecule has 0 saturated heterocycles. The van der Waals surface area contributed by atoms with Gasteiger partial charge in [-0.1, -0.05) is 30.3 Å². The van der Waals surface area contributed by atoms with Crippen LogP contribution in [0.5, 0.6) is 0 Å². The second-order valence-corrected chi connectivity index (χ2v) is 7.44. The van der Waals surface area contributed by atoms with E-state index in [2.05, 4.69) is 16.0 Å². The number of benzene rings is 1. The van der Waals surface area contributed by atoms with E-state index in [-0.39, 0.29) is 5.56 Å². The third-order valence-electron chi connectivity index (χ3n) is 4.38. The van der Waals surface area contributed by atoms with Gasteiger partial charge in [0.05, 0.1) is 30.8 Å². The van der Waals surface area contributed by atoms with Gasteiger partial charge in [0.2, 0.25) is 0 Å². The average Bonchev–Trinajstić information content (AvgIpc) is 3.37. The Labute approximate surface area is 165 Å². The molecule has 0 atom stereocenters. The molecule has 1 N–H and O–H groups in total. The molecule has 0 fully saturated rings. The fourth-order valence-electron chi connectivity index (χ4n) is 3.05. The van der Waals surface area contributed by atoms with Gasteiger partial charge in [-0.3, -0.25) is 9.69 Å². The van der Waals surface area contributed by atoms with E-state index in [0.717, 1.165) is 21.0 Å². The van der Waals surface area contributed by atoms with Crippen LogP contribution in [0.2, 0.25) is 0 Å². The summed E-state index contributed by atoms with van der Waals surface area (Å²) in [6.45, 7) is 1.56. The molecule has 7 heteroatoms. The second kappa shape index (κ2) is 8.21. The topological polar surface area (TPSA) is 85.9 Å². The fourth-order valence-corrected chi connectivity index (χ4v) is 4.11. The highest BCUT2D eigenvalue weighted by Gasteiger charge is 2.14. The fraction of sp³-hybridized carbons (Fsp3) is 0.190. The van der Waals surface area contributed by atoms with Crippen molar-refractivity contribution in [3.63, 3.8) is 0 Å². The standard InChI is InChI=1S/C21H18N4O2S/c22-9-5-10-25(13-16-8-4-11-27-16)14-19-23-20(26)17-12-18(28-21(17)24-19)15-6-2-1-3-7-15/h1-4,6-8,11-12H,5,10,13-14H2,(H,23,24,26). The molecule has 3 heterocycles. The molecule has 4 rings (SSSR count). The van der Waals surface area contributed by atoms with Gasteiger partial charge < -0.3 is 9.40 Å². The van der Waals surface area contributed by atoms with Crippen molar-refractivity contribution < 1.29 is 4.42 Å². The minimum atomic E-state index is -0.142. The molecule has 0 aliphatic rings. The van der Waals surface area contributed by atoms with E-state index in [0.29, 0.717) is 37.3 Å². The highest BCUT2D eigenvalue weighted by atomic mass is 32.1. The molecule has 0 amide bonds. The number of thiophene rings is 1. The lowest BCUT2D eigenvalue weighted by Crippen LogP contribution is -2.26. The van der Waals surface area contributed by atoms with Crippen molar-refractivity contribution in [3.05, 3.63) is 76.7 Å². The van der Waals surface area contributed by atoms with Crippen molar-refractivity contribution in [1.82, 2.24) is 14.9 Å². The minimum Gasteiger partial charge on any atom is -0.468 e. The maximum atomic E-state index is 12.6. The van der Waals surface area contributed by atoms with Crippen LogP contribution in [-0.4, -0.2) is 21.4 Å². The van der Waals surface area contributed by atoms with Crippen molar-refractivity contribution in [2.24, 2.45) is 0 Å². The highest BCUT2D eigenvalue weighted by molar-refractivity contribution is 7.21. The van der Waals surface area contributed by atoms with E-state index in [1.807, 2.05) is 53.4 Å². The molecule has 0 unspecified atom stereocenters. The zero-order chi connectivity index (χ0) is 19.3. The normalized spacial score (nSPS) is 11.1. The third-order valence-corrected chi connectivity index (χ3v) is 5.46. The predicted molar refractivity (Wildman–Crippen MR) is 109 cm³/mol. The number of aromatic nitrogens is 2. The summed E-state index contributed by atoms with van der Waals surface area (Å²) in [5.41, 5.74) is 0.927. The van der Waals surface area contributed by atoms with Crippen molar-refractivity contribution in [1.29, 1.82) is 5.26 Å². The maximum Gasteiger partial charge on any atom is 0.259 e. The summed E-state index contributed by atoms with van der Waals surface area (Å²) in [5, 5.41) is 9.53. The Balaban J connectivity index is 1.62. The summed E-state index contributed by atoms with van der Waals surface area (Å²) in [5.74, 6) is 1.40. The zero-order valence-corrected chi connectivity index (χ0v) is 15.9. The van der Waals surface area contributed by atoms with E-state index in [4.69, 9.17) is 9.68 Å². The Morgan fingerprint density at radius 2 is 2.04 bits per heavy atom. The first-order valence-electron chi connectivity index (χ1n) is 8.93. The van der Waals surface area contributed by atoms with Gasteiger partial charge in [-0.2, -0.15) is 5.26 Å². The number of nitrogens with zero attached hydrogens (tertiary/aromatic N) is 3. The lowest BCUT2D eigenvalue weighted by molar-refractivity contribution is 0.235. The summed E-state index contributed by atoms with van der Waals surface area (Å²) < 4.78 is 5.41. The smallest absolute Gasteiger partial charge is 0.259 e. The van der Waals surface area contributed by atoms with Crippen LogP contribution in [0.4, 0.5) is 0 Å². The van der Waals surface area contributed by atoms with E-state index in [9.17, 15) is 4.79 Å². The second-order valence-electron chi connectivity index (χ2n) is 6.41. The summed E-state index contributed by atoms with van der Waals surface area (Å²) >= 11 is 1.51. The number of nitrogens with one attached hydrogen (secondary N) is 1. The Bertz CT molecular complexity index is 1160. The van der Waals surface area contributed by atoms with Gasteiger partial charge in [0.1, 0.15) is 16.4 Å². The molecule has 0 aliphatic carbocycles. The summed E-state index contributed by atoms with van der Waals surface area (Å²) in [6.07, 6.45) is 2.02. The largest absolute Gasteiger partial charge is 0.468 e. The van der Waals surface area contributed by atoms with Crippen LogP contribution in [0, 0.1) is 11.3 Å². The van der Waals surface area contributed by atoms with E-state index in [1.165, 1.54) is 11.3 Å². The van der Waals surface area contributed by atoms with E-state index in [1.54, 1.807) is 6.26 Å². The van der Waals surface area contributed by atoms with Gasteiger partial charge in [0, 0.05) is 17.8 Å². The lowest BCUT2D eigenvalue weighted by Gasteiger charge is -2.19. The van der Waals surface area contributed by atoms with Crippen molar-refractivity contribution >= 4 is 21.6 Å². The maximum absolute atomic E-state index is 12.6. The van der Waals surface area contributed by atoms with Crippen molar-refractivity contribution in [2.45, 2.75) is 19.5 Å². The van der Waals surface area contributed by atoms with E-state index >= 15 is 0 Å². The number of nitriles is 1. The molecule has 6 nitrogen and oxygen atoms in total. The van der Waals surface area contributed by atoms with Crippen LogP contribution in [0.1, 0.15) is 18.0 Å². The van der Waals surface area contributed by atoms with Gasteiger partial charge >= 0.3 is 0 Å². The molecule has 0 aliphatic heterocycles. The molecule has 3 aromatic heterocycles. The van der Waals surface area contributed by atoms with Crippen LogP contribution in [0.15, 0.2) is 64.0 Å². The SMILES string of the molecule is N#CCCN(Cc1nc2sc(-c3ccccc3)cc2c(=O)[nH]1)Cc1ccco1. The average molecular weight is 390 g/mol. The van der Waals surface area contributed by atoms with Gasteiger partial charge in [-0.05, 0) is 23.8 Å². The number of H-pyrrole nitrogens is 1. The number of hydrogen-bond donors (Lipinski definition) is 1. The number of aromatic amines is 1. The number of furan rings is 1. The lowest BCUT2D eigenvalue weighted by atomic mass is 10.2. The molecular formula is C21H18N4O2S. The van der Waals surface area contributed by atoms with E-state index < -0.39 is 0 Å². The first kappa shape index (κ1) is 18.2.